The lowest BCUT2D eigenvalue weighted by molar-refractivity contribution is 0.195. The number of methoxy groups -OCH3 is 1. The van der Waals surface area contributed by atoms with Gasteiger partial charge in [-0.2, -0.15) is 0 Å². The summed E-state index contributed by atoms with van der Waals surface area (Å²) in [5.74, 6) is 1.79. The third kappa shape index (κ3) is 4.79. The van der Waals surface area contributed by atoms with Crippen LogP contribution in [0, 0.1) is 0 Å². The Morgan fingerprint density at radius 1 is 1.24 bits per heavy atom. The number of rotatable bonds is 7. The number of hydrogen-bond acceptors (Lipinski definition) is 3. The summed E-state index contributed by atoms with van der Waals surface area (Å²) in [5, 5.41) is 7.67. The minimum absolute atomic E-state index is 0.753. The molecule has 1 heterocycles. The van der Waals surface area contributed by atoms with Gasteiger partial charge >= 0.3 is 0 Å². The van der Waals surface area contributed by atoms with Crippen molar-refractivity contribution in [3.63, 3.8) is 0 Å². The average molecular weight is 289 g/mol. The highest BCUT2D eigenvalue weighted by Crippen LogP contribution is 2.18. The fourth-order valence-corrected chi connectivity index (χ4v) is 2.11. The van der Waals surface area contributed by atoms with E-state index in [1.807, 2.05) is 18.2 Å². The second-order valence-corrected chi connectivity index (χ2v) is 4.77. The Hall–Kier alpha value is -2.01. The Morgan fingerprint density at radius 2 is 2.05 bits per heavy atom. The fraction of sp³-hybridized carbons (Fsp3) is 0.438. The van der Waals surface area contributed by atoms with Crippen molar-refractivity contribution in [3.05, 3.63) is 36.1 Å². The van der Waals surface area contributed by atoms with Crippen LogP contribution in [0.2, 0.25) is 0 Å². The topological polar surface area (TPSA) is 58.8 Å². The summed E-state index contributed by atoms with van der Waals surface area (Å²) >= 11 is 0. The van der Waals surface area contributed by atoms with E-state index in [1.54, 1.807) is 14.2 Å². The van der Waals surface area contributed by atoms with Crippen LogP contribution in [0.4, 0.5) is 0 Å². The van der Waals surface area contributed by atoms with Gasteiger partial charge < -0.3 is 19.8 Å². The first-order chi connectivity index (χ1) is 10.3. The van der Waals surface area contributed by atoms with Gasteiger partial charge in [0, 0.05) is 45.7 Å². The molecular weight excluding hydrogens is 266 g/mol. The number of nitrogens with one attached hydrogen (secondary N) is 2. The monoisotopic (exact) mass is 289 g/mol. The van der Waals surface area contributed by atoms with Gasteiger partial charge in [-0.1, -0.05) is 18.2 Å². The molecule has 2 N–H and O–H groups in total. The molecule has 0 aliphatic rings. The number of hydrogen-bond donors (Lipinski definition) is 2. The van der Waals surface area contributed by atoms with Gasteiger partial charge in [-0.25, -0.2) is 0 Å². The SMILES string of the molecule is CN=C(NCCCOC)NCCc1cc2ccccc2o1. The fourth-order valence-electron chi connectivity index (χ4n) is 2.11. The molecule has 0 aliphatic carbocycles. The molecule has 5 heteroatoms. The molecular formula is C16H23N3O2. The van der Waals surface area contributed by atoms with Crippen molar-refractivity contribution in [1.82, 2.24) is 10.6 Å². The second-order valence-electron chi connectivity index (χ2n) is 4.77. The van der Waals surface area contributed by atoms with Crippen LogP contribution in [-0.2, 0) is 11.2 Å². The summed E-state index contributed by atoms with van der Waals surface area (Å²) < 4.78 is 10.8. The number of fused-ring (bicyclic) bond motifs is 1. The van der Waals surface area contributed by atoms with E-state index in [2.05, 4.69) is 27.8 Å². The third-order valence-electron chi connectivity index (χ3n) is 3.18. The molecule has 0 aliphatic heterocycles. The van der Waals surface area contributed by atoms with Crippen molar-refractivity contribution in [1.29, 1.82) is 0 Å². The summed E-state index contributed by atoms with van der Waals surface area (Å²) in [6.45, 7) is 2.38. The molecule has 0 fully saturated rings. The molecule has 0 spiro atoms. The van der Waals surface area contributed by atoms with Crippen LogP contribution in [-0.4, -0.2) is 39.8 Å². The zero-order chi connectivity index (χ0) is 14.9. The maximum atomic E-state index is 5.78. The predicted octanol–water partition coefficient (Wildman–Crippen LogP) is 2.18. The van der Waals surface area contributed by atoms with E-state index >= 15 is 0 Å². The van der Waals surface area contributed by atoms with Crippen molar-refractivity contribution in [2.45, 2.75) is 12.8 Å². The van der Waals surface area contributed by atoms with Crippen LogP contribution >= 0.6 is 0 Å². The summed E-state index contributed by atoms with van der Waals surface area (Å²) in [4.78, 5) is 4.18. The van der Waals surface area contributed by atoms with Gasteiger partial charge in [0.1, 0.15) is 11.3 Å². The first-order valence-electron chi connectivity index (χ1n) is 7.24. The summed E-state index contributed by atoms with van der Waals surface area (Å²) in [6, 6.07) is 10.1. The number of benzene rings is 1. The lowest BCUT2D eigenvalue weighted by Crippen LogP contribution is -2.38. The van der Waals surface area contributed by atoms with Crippen molar-refractivity contribution >= 4 is 16.9 Å². The first kappa shape index (κ1) is 15.4. The Bertz CT molecular complexity index is 545. The lowest BCUT2D eigenvalue weighted by atomic mass is 10.2. The minimum atomic E-state index is 0.753. The third-order valence-corrected chi connectivity index (χ3v) is 3.18. The van der Waals surface area contributed by atoms with Crippen molar-refractivity contribution in [2.24, 2.45) is 4.99 Å². The molecule has 0 unspecified atom stereocenters. The van der Waals surface area contributed by atoms with Crippen molar-refractivity contribution in [2.75, 3.05) is 33.9 Å². The van der Waals surface area contributed by atoms with E-state index in [9.17, 15) is 0 Å². The molecule has 0 radical (unpaired) electrons. The molecule has 114 valence electrons. The van der Waals surface area contributed by atoms with Crippen LogP contribution in [0.1, 0.15) is 12.2 Å². The van der Waals surface area contributed by atoms with Crippen molar-refractivity contribution in [3.8, 4) is 0 Å². The summed E-state index contributed by atoms with van der Waals surface area (Å²) in [5.41, 5.74) is 0.939. The first-order valence-corrected chi connectivity index (χ1v) is 7.24. The van der Waals surface area contributed by atoms with Crippen LogP contribution in [0.25, 0.3) is 11.0 Å². The van der Waals surface area contributed by atoms with E-state index < -0.39 is 0 Å². The maximum absolute atomic E-state index is 5.78. The molecule has 2 rings (SSSR count). The second kappa shape index (κ2) is 8.32. The van der Waals surface area contributed by atoms with Crippen LogP contribution < -0.4 is 10.6 Å². The highest BCUT2D eigenvalue weighted by molar-refractivity contribution is 5.79. The van der Waals surface area contributed by atoms with Gasteiger partial charge in [0.15, 0.2) is 5.96 Å². The smallest absolute Gasteiger partial charge is 0.190 e. The highest BCUT2D eigenvalue weighted by atomic mass is 16.5. The van der Waals surface area contributed by atoms with Gasteiger partial charge in [0.25, 0.3) is 0 Å². The van der Waals surface area contributed by atoms with Gasteiger partial charge in [-0.3, -0.25) is 4.99 Å². The van der Waals surface area contributed by atoms with Crippen molar-refractivity contribution < 1.29 is 9.15 Å². The van der Waals surface area contributed by atoms with E-state index in [0.717, 1.165) is 55.2 Å². The Balaban J connectivity index is 1.74. The van der Waals surface area contributed by atoms with Crippen LogP contribution in [0.15, 0.2) is 39.7 Å². The van der Waals surface area contributed by atoms with Gasteiger partial charge in [0.2, 0.25) is 0 Å². The molecule has 0 saturated carbocycles. The molecule has 21 heavy (non-hydrogen) atoms. The number of furan rings is 1. The number of para-hydroxylation sites is 1. The summed E-state index contributed by atoms with van der Waals surface area (Å²) in [6.07, 6.45) is 1.79. The standard InChI is InChI=1S/C16H23N3O2/c1-17-16(18-9-5-11-20-2)19-10-8-14-12-13-6-3-4-7-15(13)21-14/h3-4,6-7,12H,5,8-11H2,1-2H3,(H2,17,18,19). The molecule has 1 aromatic carbocycles. The molecule has 1 aromatic heterocycles. The Morgan fingerprint density at radius 3 is 2.81 bits per heavy atom. The van der Waals surface area contributed by atoms with Crippen LogP contribution in [0.5, 0.6) is 0 Å². The Kier molecular flexibility index (Phi) is 6.09. The quantitative estimate of drug-likeness (QED) is 0.466. The van der Waals surface area contributed by atoms with Gasteiger partial charge in [-0.05, 0) is 18.6 Å². The predicted molar refractivity (Wildman–Crippen MR) is 85.8 cm³/mol. The lowest BCUT2D eigenvalue weighted by Gasteiger charge is -2.10. The molecule has 0 amide bonds. The zero-order valence-electron chi connectivity index (χ0n) is 12.7. The van der Waals surface area contributed by atoms with E-state index in [-0.39, 0.29) is 0 Å². The molecule has 0 atom stereocenters. The molecule has 0 bridgehead atoms. The van der Waals surface area contributed by atoms with E-state index in [4.69, 9.17) is 9.15 Å². The largest absolute Gasteiger partial charge is 0.461 e. The maximum Gasteiger partial charge on any atom is 0.190 e. The highest BCUT2D eigenvalue weighted by Gasteiger charge is 2.03. The van der Waals surface area contributed by atoms with E-state index in [0.29, 0.717) is 0 Å². The number of nitrogens with zero attached hydrogens (tertiary/aromatic N) is 1. The average Bonchev–Trinajstić information content (AvgIpc) is 2.92. The van der Waals surface area contributed by atoms with Crippen LogP contribution in [0.3, 0.4) is 0 Å². The van der Waals surface area contributed by atoms with Gasteiger partial charge in [0.05, 0.1) is 0 Å². The zero-order valence-corrected chi connectivity index (χ0v) is 12.7. The number of ether oxygens (including phenoxy) is 1. The Labute approximate surface area is 125 Å². The van der Waals surface area contributed by atoms with Gasteiger partial charge in [-0.15, -0.1) is 0 Å². The van der Waals surface area contributed by atoms with E-state index in [1.165, 1.54) is 0 Å². The molecule has 2 aromatic rings. The minimum Gasteiger partial charge on any atom is -0.461 e. The number of aliphatic imine (C=N–C) groups is 1. The molecule has 0 saturated heterocycles. The normalized spacial score (nSPS) is 11.8. The number of guanidine groups is 1. The molecule has 5 nitrogen and oxygen atoms in total. The summed E-state index contributed by atoms with van der Waals surface area (Å²) in [7, 11) is 3.48.